The number of Topliss-reactive ketones (excluding diaryl/α,β-unsaturated/α-hetero) is 1. The van der Waals surface area contributed by atoms with Crippen molar-refractivity contribution in [2.45, 2.75) is 65.2 Å². The van der Waals surface area contributed by atoms with Gasteiger partial charge in [-0.2, -0.15) is 0 Å². The van der Waals surface area contributed by atoms with Crippen LogP contribution < -0.4 is 5.73 Å². The van der Waals surface area contributed by atoms with Gasteiger partial charge in [0, 0.05) is 24.3 Å². The van der Waals surface area contributed by atoms with Gasteiger partial charge in [0.05, 0.1) is 11.4 Å². The minimum atomic E-state index is -0.151. The molecule has 0 aromatic rings. The smallest absolute Gasteiger partial charge is 0.139 e. The summed E-state index contributed by atoms with van der Waals surface area (Å²) in [5.41, 5.74) is 7.41. The topological polar surface area (TPSA) is 97.3 Å². The van der Waals surface area contributed by atoms with Crippen LogP contribution >= 0.6 is 12.4 Å². The van der Waals surface area contributed by atoms with E-state index in [2.05, 4.69) is 24.2 Å². The maximum absolute atomic E-state index is 12.6. The number of oxime groups is 2. The van der Waals surface area contributed by atoms with Gasteiger partial charge in [-0.1, -0.05) is 24.2 Å². The molecule has 4 aliphatic carbocycles. The van der Waals surface area contributed by atoms with Gasteiger partial charge in [-0.15, -0.1) is 12.4 Å². The largest absolute Gasteiger partial charge is 0.411 e. The summed E-state index contributed by atoms with van der Waals surface area (Å²) in [5.74, 6) is 2.19. The standard InChI is InChI=1S/C21H33N3O3.ClH/c1-20-7-5-13(24-27-10-9-22)11-17(20)18(23-26)12-14-15-3-4-19(25)21(15,2)8-6-16(14)20;/h14-17,26H,3-12,22H2,1-2H3;1H/b23-18+,24-13-;/t14-,15-,16-,17?,20+,21-;/m0./s1. The van der Waals surface area contributed by atoms with E-state index < -0.39 is 0 Å². The van der Waals surface area contributed by atoms with Crippen LogP contribution in [0.4, 0.5) is 0 Å². The van der Waals surface area contributed by atoms with Gasteiger partial charge in [0.1, 0.15) is 12.4 Å². The van der Waals surface area contributed by atoms with Gasteiger partial charge in [0.15, 0.2) is 0 Å². The van der Waals surface area contributed by atoms with E-state index in [9.17, 15) is 10.0 Å². The molecule has 4 rings (SSSR count). The fourth-order valence-electron chi connectivity index (χ4n) is 7.03. The highest BCUT2D eigenvalue weighted by Gasteiger charge is 2.61. The average molecular weight is 412 g/mol. The molecule has 4 fully saturated rings. The molecule has 6 atom stereocenters. The summed E-state index contributed by atoms with van der Waals surface area (Å²) >= 11 is 0. The SMILES string of the molecule is C[C@]12CC/C(=N/OCCN)CC1/C(=N/O)C[C@@H]1[C@@H]2CC[C@]2(C)C(=O)CC[C@@H]12.Cl. The van der Waals surface area contributed by atoms with Crippen LogP contribution in [0, 0.1) is 34.5 Å². The minimum absolute atomic E-state index is 0. The molecule has 0 saturated heterocycles. The van der Waals surface area contributed by atoms with Crippen molar-refractivity contribution in [2.24, 2.45) is 50.5 Å². The Labute approximate surface area is 173 Å². The first-order valence-electron chi connectivity index (χ1n) is 10.6. The second kappa shape index (κ2) is 7.94. The van der Waals surface area contributed by atoms with Crippen LogP contribution in [0.15, 0.2) is 10.3 Å². The molecule has 0 bridgehead atoms. The molecule has 28 heavy (non-hydrogen) atoms. The molecule has 158 valence electrons. The summed E-state index contributed by atoms with van der Waals surface area (Å²) in [6, 6.07) is 0. The molecular weight excluding hydrogens is 378 g/mol. The molecule has 4 aliphatic rings. The highest BCUT2D eigenvalue weighted by Crippen LogP contribution is 2.64. The Bertz CT molecular complexity index is 682. The zero-order valence-electron chi connectivity index (χ0n) is 17.0. The van der Waals surface area contributed by atoms with E-state index in [1.54, 1.807) is 0 Å². The monoisotopic (exact) mass is 411 g/mol. The van der Waals surface area contributed by atoms with E-state index in [0.717, 1.165) is 62.8 Å². The van der Waals surface area contributed by atoms with Gasteiger partial charge in [-0.25, -0.2) is 0 Å². The summed E-state index contributed by atoms with van der Waals surface area (Å²) in [6.07, 6.45) is 7.48. The first kappa shape index (κ1) is 21.6. The van der Waals surface area contributed by atoms with Crippen LogP contribution in [0.3, 0.4) is 0 Å². The Morgan fingerprint density at radius 2 is 1.96 bits per heavy atom. The molecule has 3 N–H and O–H groups in total. The summed E-state index contributed by atoms with van der Waals surface area (Å²) in [6.45, 7) is 5.47. The molecule has 0 amide bonds. The number of nitrogens with zero attached hydrogens (tertiary/aromatic N) is 2. The molecule has 0 radical (unpaired) electrons. The molecule has 0 aliphatic heterocycles. The van der Waals surface area contributed by atoms with E-state index in [4.69, 9.17) is 10.6 Å². The number of nitrogens with two attached hydrogens (primary N) is 1. The highest BCUT2D eigenvalue weighted by molar-refractivity contribution is 5.96. The van der Waals surface area contributed by atoms with E-state index in [0.29, 0.717) is 36.7 Å². The predicted molar refractivity (Wildman–Crippen MR) is 111 cm³/mol. The zero-order valence-corrected chi connectivity index (χ0v) is 17.8. The van der Waals surface area contributed by atoms with Crippen molar-refractivity contribution in [3.8, 4) is 0 Å². The third-order valence-corrected chi connectivity index (χ3v) is 8.56. The van der Waals surface area contributed by atoms with Crippen molar-refractivity contribution in [3.05, 3.63) is 0 Å². The first-order chi connectivity index (χ1) is 12.9. The second-order valence-electron chi connectivity index (χ2n) is 9.63. The maximum atomic E-state index is 12.6. The van der Waals surface area contributed by atoms with E-state index in [1.165, 1.54) is 0 Å². The van der Waals surface area contributed by atoms with Gasteiger partial charge >= 0.3 is 0 Å². The van der Waals surface area contributed by atoms with Crippen LogP contribution in [-0.4, -0.2) is 35.6 Å². The van der Waals surface area contributed by atoms with Gasteiger partial charge in [-0.3, -0.25) is 4.79 Å². The van der Waals surface area contributed by atoms with E-state index in [-0.39, 0.29) is 29.2 Å². The molecule has 0 heterocycles. The number of hydrogen-bond donors (Lipinski definition) is 2. The Hall–Kier alpha value is -1.14. The van der Waals surface area contributed by atoms with Gasteiger partial charge < -0.3 is 15.8 Å². The van der Waals surface area contributed by atoms with Crippen molar-refractivity contribution >= 4 is 29.6 Å². The number of hydrogen-bond acceptors (Lipinski definition) is 6. The summed E-state index contributed by atoms with van der Waals surface area (Å²) in [4.78, 5) is 17.9. The summed E-state index contributed by atoms with van der Waals surface area (Å²) < 4.78 is 0. The Morgan fingerprint density at radius 3 is 2.68 bits per heavy atom. The minimum Gasteiger partial charge on any atom is -0.411 e. The van der Waals surface area contributed by atoms with Gasteiger partial charge in [0.25, 0.3) is 0 Å². The second-order valence-corrected chi connectivity index (χ2v) is 9.63. The number of ketones is 1. The lowest BCUT2D eigenvalue weighted by atomic mass is 9.45. The molecule has 0 aromatic heterocycles. The fourth-order valence-corrected chi connectivity index (χ4v) is 7.03. The quantitative estimate of drug-likeness (QED) is 0.419. The lowest BCUT2D eigenvalue weighted by Crippen LogP contribution is -2.56. The van der Waals surface area contributed by atoms with Crippen molar-refractivity contribution in [2.75, 3.05) is 13.2 Å². The van der Waals surface area contributed by atoms with Crippen LogP contribution in [0.2, 0.25) is 0 Å². The Kier molecular flexibility index (Phi) is 6.12. The molecular formula is C21H34ClN3O3. The molecule has 7 heteroatoms. The molecule has 1 unspecified atom stereocenters. The molecule has 6 nitrogen and oxygen atoms in total. The van der Waals surface area contributed by atoms with Crippen molar-refractivity contribution in [1.82, 2.24) is 0 Å². The first-order valence-corrected chi connectivity index (χ1v) is 10.6. The lowest BCUT2D eigenvalue weighted by molar-refractivity contribution is -0.133. The van der Waals surface area contributed by atoms with E-state index in [1.807, 2.05) is 0 Å². The van der Waals surface area contributed by atoms with Crippen molar-refractivity contribution < 1.29 is 14.8 Å². The highest BCUT2D eigenvalue weighted by atomic mass is 35.5. The van der Waals surface area contributed by atoms with Crippen LogP contribution in [0.1, 0.15) is 65.2 Å². The van der Waals surface area contributed by atoms with Gasteiger partial charge in [-0.05, 0) is 68.1 Å². The van der Waals surface area contributed by atoms with Crippen molar-refractivity contribution in [1.29, 1.82) is 0 Å². The van der Waals surface area contributed by atoms with Crippen LogP contribution in [0.5, 0.6) is 0 Å². The molecule has 4 saturated carbocycles. The normalized spacial score (nSPS) is 45.2. The maximum Gasteiger partial charge on any atom is 0.139 e. The predicted octanol–water partition coefficient (Wildman–Crippen LogP) is 3.79. The zero-order chi connectivity index (χ0) is 19.2. The van der Waals surface area contributed by atoms with Crippen molar-refractivity contribution in [3.63, 3.8) is 0 Å². The number of fused-ring (bicyclic) bond motifs is 5. The lowest BCUT2D eigenvalue weighted by Gasteiger charge is -2.59. The number of carbonyl (C=O) groups excluding carboxylic acids is 1. The molecule has 0 aromatic carbocycles. The number of carbonyl (C=O) groups is 1. The van der Waals surface area contributed by atoms with Gasteiger partial charge in [0.2, 0.25) is 0 Å². The Balaban J connectivity index is 0.00000225. The Morgan fingerprint density at radius 1 is 1.18 bits per heavy atom. The van der Waals surface area contributed by atoms with Crippen LogP contribution in [-0.2, 0) is 9.63 Å². The van der Waals surface area contributed by atoms with E-state index >= 15 is 0 Å². The average Bonchev–Trinajstić information content (AvgIpc) is 2.96. The summed E-state index contributed by atoms with van der Waals surface area (Å²) in [5, 5.41) is 17.9. The third-order valence-electron chi connectivity index (χ3n) is 8.56. The third kappa shape index (κ3) is 3.17. The van der Waals surface area contributed by atoms with Crippen LogP contribution in [0.25, 0.3) is 0 Å². The number of rotatable bonds is 3. The fraction of sp³-hybridized carbons (Fsp3) is 0.857. The molecule has 0 spiro atoms. The summed E-state index contributed by atoms with van der Waals surface area (Å²) in [7, 11) is 0. The number of halogens is 1.